The lowest BCUT2D eigenvalue weighted by Gasteiger charge is -2.38. The Balaban J connectivity index is 1.96. The molecule has 0 aliphatic heterocycles. The molecule has 2 rings (SSSR count). The van der Waals surface area contributed by atoms with Crippen LogP contribution in [0.5, 0.6) is 0 Å². The molecule has 1 fully saturated rings. The average molecular weight is 234 g/mol. The number of rotatable bonds is 4. The summed E-state index contributed by atoms with van der Waals surface area (Å²) in [6.45, 7) is 0. The molecule has 2 N–H and O–H groups in total. The molecular formula is C12H14N2O3. The van der Waals surface area contributed by atoms with Crippen molar-refractivity contribution in [3.8, 4) is 0 Å². The highest BCUT2D eigenvalue weighted by molar-refractivity contribution is 5.88. The van der Waals surface area contributed by atoms with E-state index in [1.165, 1.54) is 0 Å². The molecule has 5 heteroatoms. The van der Waals surface area contributed by atoms with Crippen LogP contribution in [0.3, 0.4) is 0 Å². The highest BCUT2D eigenvalue weighted by Gasteiger charge is 2.45. The van der Waals surface area contributed by atoms with Crippen LogP contribution in [0.15, 0.2) is 24.4 Å². The van der Waals surface area contributed by atoms with E-state index < -0.39 is 11.5 Å². The van der Waals surface area contributed by atoms with Crippen molar-refractivity contribution in [2.45, 2.75) is 31.2 Å². The minimum Gasteiger partial charge on any atom is -0.480 e. The van der Waals surface area contributed by atoms with Gasteiger partial charge in [-0.25, -0.2) is 4.79 Å². The standard InChI is InChI=1S/C12H14N2O3/c15-10(8-9-4-1-2-7-13-9)14-12(11(16)17)5-3-6-12/h1-2,4,7H,3,5-6,8H2,(H,14,15)(H,16,17). The van der Waals surface area contributed by atoms with Crippen molar-refractivity contribution in [3.63, 3.8) is 0 Å². The lowest BCUT2D eigenvalue weighted by Crippen LogP contribution is -2.59. The van der Waals surface area contributed by atoms with Crippen molar-refractivity contribution in [2.24, 2.45) is 0 Å². The Morgan fingerprint density at radius 3 is 2.65 bits per heavy atom. The van der Waals surface area contributed by atoms with Gasteiger partial charge in [0.2, 0.25) is 5.91 Å². The molecule has 1 aliphatic rings. The normalized spacial score (nSPS) is 16.9. The van der Waals surface area contributed by atoms with Crippen LogP contribution in [0.4, 0.5) is 0 Å². The molecule has 1 aromatic heterocycles. The smallest absolute Gasteiger partial charge is 0.329 e. The third-order valence-corrected chi connectivity index (χ3v) is 3.06. The third-order valence-electron chi connectivity index (χ3n) is 3.06. The topological polar surface area (TPSA) is 79.3 Å². The molecule has 17 heavy (non-hydrogen) atoms. The highest BCUT2D eigenvalue weighted by atomic mass is 16.4. The largest absolute Gasteiger partial charge is 0.480 e. The molecule has 0 aromatic carbocycles. The van der Waals surface area contributed by atoms with E-state index in [0.717, 1.165) is 6.42 Å². The van der Waals surface area contributed by atoms with E-state index in [-0.39, 0.29) is 12.3 Å². The number of hydrogen-bond acceptors (Lipinski definition) is 3. The van der Waals surface area contributed by atoms with Crippen molar-refractivity contribution in [1.82, 2.24) is 10.3 Å². The fourth-order valence-corrected chi connectivity index (χ4v) is 1.90. The molecule has 90 valence electrons. The molecule has 1 aliphatic carbocycles. The first-order valence-electron chi connectivity index (χ1n) is 5.57. The SMILES string of the molecule is O=C(Cc1ccccn1)NC1(C(=O)O)CCC1. The number of pyridine rings is 1. The third kappa shape index (κ3) is 2.43. The van der Waals surface area contributed by atoms with Crippen LogP contribution < -0.4 is 5.32 Å². The zero-order valence-electron chi connectivity index (χ0n) is 9.35. The predicted molar refractivity (Wildman–Crippen MR) is 60.3 cm³/mol. The molecule has 0 radical (unpaired) electrons. The first-order chi connectivity index (χ1) is 8.12. The number of aromatic nitrogens is 1. The summed E-state index contributed by atoms with van der Waals surface area (Å²) in [5, 5.41) is 11.7. The maximum atomic E-state index is 11.7. The summed E-state index contributed by atoms with van der Waals surface area (Å²) in [7, 11) is 0. The van der Waals surface area contributed by atoms with Crippen LogP contribution in [-0.2, 0) is 16.0 Å². The molecule has 0 saturated heterocycles. The predicted octanol–water partition coefficient (Wildman–Crippen LogP) is 0.748. The number of hydrogen-bond donors (Lipinski definition) is 2. The number of carboxylic acid groups (broad SMARTS) is 1. The number of nitrogens with one attached hydrogen (secondary N) is 1. The second-order valence-electron chi connectivity index (χ2n) is 4.29. The molecule has 0 atom stereocenters. The minimum atomic E-state index is -1.04. The Labute approximate surface area is 98.9 Å². The van der Waals surface area contributed by atoms with Crippen molar-refractivity contribution in [1.29, 1.82) is 0 Å². The molecule has 1 heterocycles. The van der Waals surface area contributed by atoms with Crippen LogP contribution >= 0.6 is 0 Å². The summed E-state index contributed by atoms with van der Waals surface area (Å²) in [5.74, 6) is -1.23. The number of carbonyl (C=O) groups excluding carboxylic acids is 1. The maximum Gasteiger partial charge on any atom is 0.329 e. The highest BCUT2D eigenvalue weighted by Crippen LogP contribution is 2.32. The lowest BCUT2D eigenvalue weighted by atomic mass is 9.76. The Bertz CT molecular complexity index is 427. The summed E-state index contributed by atoms with van der Waals surface area (Å²) in [5.41, 5.74) is -0.392. The Hall–Kier alpha value is -1.91. The Kier molecular flexibility index (Phi) is 3.08. The van der Waals surface area contributed by atoms with Crippen LogP contribution in [-0.4, -0.2) is 27.5 Å². The van der Waals surface area contributed by atoms with Gasteiger partial charge in [0.05, 0.1) is 6.42 Å². The molecule has 5 nitrogen and oxygen atoms in total. The summed E-state index contributed by atoms with van der Waals surface area (Å²) in [4.78, 5) is 26.8. The van der Waals surface area contributed by atoms with Crippen molar-refractivity contribution in [3.05, 3.63) is 30.1 Å². The van der Waals surface area contributed by atoms with E-state index >= 15 is 0 Å². The summed E-state index contributed by atoms with van der Waals surface area (Å²) in [6.07, 6.45) is 3.59. The van der Waals surface area contributed by atoms with Crippen molar-refractivity contribution < 1.29 is 14.7 Å². The molecule has 0 unspecified atom stereocenters. The lowest BCUT2D eigenvalue weighted by molar-refractivity contribution is -0.151. The van der Waals surface area contributed by atoms with Gasteiger partial charge in [-0.15, -0.1) is 0 Å². The molecule has 1 amide bonds. The van der Waals surface area contributed by atoms with Crippen LogP contribution in [0, 0.1) is 0 Å². The zero-order valence-corrected chi connectivity index (χ0v) is 9.35. The summed E-state index contributed by atoms with van der Waals surface area (Å²) in [6, 6.07) is 5.31. The van der Waals surface area contributed by atoms with Gasteiger partial charge in [-0.2, -0.15) is 0 Å². The Morgan fingerprint density at radius 1 is 1.41 bits per heavy atom. The van der Waals surface area contributed by atoms with Gasteiger partial charge in [0, 0.05) is 11.9 Å². The fourth-order valence-electron chi connectivity index (χ4n) is 1.90. The van der Waals surface area contributed by atoms with Crippen LogP contribution in [0.1, 0.15) is 25.0 Å². The number of carboxylic acids is 1. The van der Waals surface area contributed by atoms with Gasteiger partial charge in [-0.05, 0) is 31.4 Å². The van der Waals surface area contributed by atoms with Gasteiger partial charge in [-0.3, -0.25) is 9.78 Å². The van der Waals surface area contributed by atoms with E-state index in [1.54, 1.807) is 24.4 Å². The van der Waals surface area contributed by atoms with E-state index in [2.05, 4.69) is 10.3 Å². The number of nitrogens with zero attached hydrogens (tertiary/aromatic N) is 1. The number of carbonyl (C=O) groups is 2. The quantitative estimate of drug-likeness (QED) is 0.805. The van der Waals surface area contributed by atoms with E-state index in [0.29, 0.717) is 18.5 Å². The average Bonchev–Trinajstić information content (AvgIpc) is 2.24. The first-order valence-corrected chi connectivity index (χ1v) is 5.57. The Morgan fingerprint density at radius 2 is 2.18 bits per heavy atom. The van der Waals surface area contributed by atoms with Crippen molar-refractivity contribution in [2.75, 3.05) is 0 Å². The van der Waals surface area contributed by atoms with Crippen molar-refractivity contribution >= 4 is 11.9 Å². The fraction of sp³-hybridized carbons (Fsp3) is 0.417. The van der Waals surface area contributed by atoms with Crippen LogP contribution in [0.25, 0.3) is 0 Å². The van der Waals surface area contributed by atoms with E-state index in [1.807, 2.05) is 0 Å². The van der Waals surface area contributed by atoms with Gasteiger partial charge in [-0.1, -0.05) is 6.07 Å². The molecular weight excluding hydrogens is 220 g/mol. The van der Waals surface area contributed by atoms with E-state index in [9.17, 15) is 9.59 Å². The molecule has 1 saturated carbocycles. The summed E-state index contributed by atoms with van der Waals surface area (Å²) < 4.78 is 0. The second kappa shape index (κ2) is 4.53. The minimum absolute atomic E-state index is 0.121. The molecule has 0 bridgehead atoms. The second-order valence-corrected chi connectivity index (χ2v) is 4.29. The van der Waals surface area contributed by atoms with Gasteiger partial charge < -0.3 is 10.4 Å². The van der Waals surface area contributed by atoms with Gasteiger partial charge >= 0.3 is 5.97 Å². The van der Waals surface area contributed by atoms with E-state index in [4.69, 9.17) is 5.11 Å². The number of aliphatic carboxylic acids is 1. The number of amides is 1. The van der Waals surface area contributed by atoms with Gasteiger partial charge in [0.25, 0.3) is 0 Å². The molecule has 1 aromatic rings. The van der Waals surface area contributed by atoms with Gasteiger partial charge in [0.1, 0.15) is 5.54 Å². The maximum absolute atomic E-state index is 11.7. The first kappa shape index (κ1) is 11.6. The molecule has 0 spiro atoms. The zero-order chi connectivity index (χ0) is 12.3. The van der Waals surface area contributed by atoms with Crippen LogP contribution in [0.2, 0.25) is 0 Å². The monoisotopic (exact) mass is 234 g/mol. The van der Waals surface area contributed by atoms with Gasteiger partial charge in [0.15, 0.2) is 0 Å². The summed E-state index contributed by atoms with van der Waals surface area (Å²) >= 11 is 0.